The van der Waals surface area contributed by atoms with Crippen molar-refractivity contribution in [1.29, 1.82) is 0 Å². The molecule has 1 unspecified atom stereocenters. The molecule has 0 aliphatic heterocycles. The highest BCUT2D eigenvalue weighted by molar-refractivity contribution is 7.90. The number of nitrogen functional groups attached to an aromatic ring is 1. The van der Waals surface area contributed by atoms with E-state index in [2.05, 4.69) is 4.72 Å². The summed E-state index contributed by atoms with van der Waals surface area (Å²) in [6, 6.07) is 11.2. The van der Waals surface area contributed by atoms with Gasteiger partial charge in [-0.25, -0.2) is 21.6 Å². The Balaban J connectivity index is 0.00000261. The van der Waals surface area contributed by atoms with Gasteiger partial charge in [0.05, 0.1) is 10.6 Å². The van der Waals surface area contributed by atoms with E-state index < -0.39 is 19.9 Å². The molecule has 3 N–H and O–H groups in total. The molecule has 9 heteroatoms. The van der Waals surface area contributed by atoms with Crippen LogP contribution in [-0.2, 0) is 32.0 Å². The Morgan fingerprint density at radius 1 is 1.07 bits per heavy atom. The highest BCUT2D eigenvalue weighted by Crippen LogP contribution is 2.32. The lowest BCUT2D eigenvalue weighted by Crippen LogP contribution is -2.31. The number of sulfone groups is 1. The van der Waals surface area contributed by atoms with E-state index in [4.69, 9.17) is 5.73 Å². The number of halogens is 1. The largest absolute Gasteiger partial charge is 0.399 e. The van der Waals surface area contributed by atoms with Crippen molar-refractivity contribution in [2.75, 3.05) is 12.0 Å². The molecule has 0 heterocycles. The van der Waals surface area contributed by atoms with Crippen LogP contribution in [0.1, 0.15) is 35.6 Å². The van der Waals surface area contributed by atoms with Crippen molar-refractivity contribution in [1.82, 2.24) is 4.72 Å². The van der Waals surface area contributed by atoms with Gasteiger partial charge in [-0.2, -0.15) is 0 Å². The van der Waals surface area contributed by atoms with Crippen molar-refractivity contribution in [2.45, 2.75) is 36.0 Å². The van der Waals surface area contributed by atoms with Gasteiger partial charge < -0.3 is 5.73 Å². The number of aryl methyl sites for hydroxylation is 1. The molecule has 0 aromatic heterocycles. The summed E-state index contributed by atoms with van der Waals surface area (Å²) in [6.07, 6.45) is 3.64. The summed E-state index contributed by atoms with van der Waals surface area (Å²) in [6.45, 7) is 0. The monoisotopic (exact) mass is 430 g/mol. The van der Waals surface area contributed by atoms with Gasteiger partial charge in [0.2, 0.25) is 10.0 Å². The topological polar surface area (TPSA) is 106 Å². The van der Waals surface area contributed by atoms with Crippen LogP contribution in [0, 0.1) is 0 Å². The number of sulfonamides is 1. The molecule has 1 aliphatic rings. The smallest absolute Gasteiger partial charge is 0.241 e. The first-order valence-corrected chi connectivity index (χ1v) is 11.9. The SMILES string of the molecule is CS(=O)(=O)Cc1ccc(S(=O)(=O)NC2CCCc3cc(N)ccc32)cc1.Cl. The minimum atomic E-state index is -3.70. The molecule has 148 valence electrons. The summed E-state index contributed by atoms with van der Waals surface area (Å²) >= 11 is 0. The van der Waals surface area contributed by atoms with Crippen LogP contribution >= 0.6 is 12.4 Å². The maximum atomic E-state index is 12.7. The zero-order valence-electron chi connectivity index (χ0n) is 14.9. The van der Waals surface area contributed by atoms with Gasteiger partial charge in [-0.1, -0.05) is 18.2 Å². The summed E-state index contributed by atoms with van der Waals surface area (Å²) in [7, 11) is -6.86. The Kier molecular flexibility index (Phi) is 6.57. The van der Waals surface area contributed by atoms with E-state index in [0.717, 1.165) is 36.6 Å². The van der Waals surface area contributed by atoms with Gasteiger partial charge in [-0.3, -0.25) is 0 Å². The Bertz CT molecular complexity index is 1020. The zero-order chi connectivity index (χ0) is 18.9. The summed E-state index contributed by atoms with van der Waals surface area (Å²) in [5, 5.41) is 0. The van der Waals surface area contributed by atoms with Crippen LogP contribution in [0.4, 0.5) is 5.69 Å². The number of nitrogens with two attached hydrogens (primary N) is 1. The average molecular weight is 431 g/mol. The van der Waals surface area contributed by atoms with Crippen LogP contribution in [0.2, 0.25) is 0 Å². The number of anilines is 1. The summed E-state index contributed by atoms with van der Waals surface area (Å²) in [5.74, 6) is -0.113. The van der Waals surface area contributed by atoms with Crippen molar-refractivity contribution in [3.8, 4) is 0 Å². The molecule has 27 heavy (non-hydrogen) atoms. The molecular weight excluding hydrogens is 408 g/mol. The third-order valence-electron chi connectivity index (χ3n) is 4.44. The van der Waals surface area contributed by atoms with Gasteiger partial charge in [0.1, 0.15) is 0 Å². The predicted octanol–water partition coefficient (Wildman–Crippen LogP) is 2.59. The first-order valence-electron chi connectivity index (χ1n) is 8.31. The van der Waals surface area contributed by atoms with Crippen molar-refractivity contribution in [3.63, 3.8) is 0 Å². The molecule has 2 aromatic rings. The maximum Gasteiger partial charge on any atom is 0.241 e. The van der Waals surface area contributed by atoms with Crippen LogP contribution in [0.25, 0.3) is 0 Å². The van der Waals surface area contributed by atoms with Crippen LogP contribution in [0.5, 0.6) is 0 Å². The molecule has 2 aromatic carbocycles. The predicted molar refractivity (Wildman–Crippen MR) is 109 cm³/mol. The molecule has 1 aliphatic carbocycles. The van der Waals surface area contributed by atoms with Gasteiger partial charge in [0.15, 0.2) is 9.84 Å². The number of fused-ring (bicyclic) bond motifs is 1. The van der Waals surface area contributed by atoms with Gasteiger partial charge in [0.25, 0.3) is 0 Å². The standard InChI is InChI=1S/C18H22N2O4S2.ClH/c1-25(21,22)12-13-5-8-16(9-6-13)26(23,24)20-18-4-2-3-14-11-15(19)7-10-17(14)18;/h5-11,18,20H,2-4,12,19H2,1H3;1H. The number of rotatable bonds is 5. The van der Waals surface area contributed by atoms with E-state index in [9.17, 15) is 16.8 Å². The molecule has 6 nitrogen and oxygen atoms in total. The van der Waals surface area contributed by atoms with E-state index in [-0.39, 0.29) is 29.1 Å². The first kappa shape index (κ1) is 21.7. The third-order valence-corrected chi connectivity index (χ3v) is 6.79. The molecule has 0 saturated heterocycles. The highest BCUT2D eigenvalue weighted by atomic mass is 35.5. The molecular formula is C18H23ClN2O4S2. The fourth-order valence-corrected chi connectivity index (χ4v) is 5.33. The van der Waals surface area contributed by atoms with Crippen molar-refractivity contribution in [2.24, 2.45) is 0 Å². The summed E-state index contributed by atoms with van der Waals surface area (Å²) in [4.78, 5) is 0.123. The van der Waals surface area contributed by atoms with E-state index >= 15 is 0 Å². The second kappa shape index (κ2) is 8.18. The normalized spacial score (nSPS) is 17.0. The molecule has 0 amide bonds. The maximum absolute atomic E-state index is 12.7. The first-order chi connectivity index (χ1) is 12.1. The lowest BCUT2D eigenvalue weighted by molar-refractivity contribution is 0.507. The fraction of sp³-hybridized carbons (Fsp3) is 0.333. The minimum absolute atomic E-state index is 0. The molecule has 0 radical (unpaired) electrons. The van der Waals surface area contributed by atoms with E-state index in [1.54, 1.807) is 6.07 Å². The van der Waals surface area contributed by atoms with Gasteiger partial charge in [-0.15, -0.1) is 12.4 Å². The van der Waals surface area contributed by atoms with E-state index in [1.807, 2.05) is 12.1 Å². The molecule has 0 bridgehead atoms. The highest BCUT2D eigenvalue weighted by Gasteiger charge is 2.26. The fourth-order valence-electron chi connectivity index (χ4n) is 3.28. The lowest BCUT2D eigenvalue weighted by atomic mass is 9.88. The quantitative estimate of drug-likeness (QED) is 0.709. The van der Waals surface area contributed by atoms with E-state index in [0.29, 0.717) is 11.3 Å². The summed E-state index contributed by atoms with van der Waals surface area (Å²) in [5.41, 5.74) is 9.09. The molecule has 1 atom stereocenters. The Morgan fingerprint density at radius 3 is 2.37 bits per heavy atom. The van der Waals surface area contributed by atoms with Crippen LogP contribution in [-0.4, -0.2) is 23.1 Å². The molecule has 0 fully saturated rings. The second-order valence-corrected chi connectivity index (χ2v) is 10.6. The number of hydrogen-bond acceptors (Lipinski definition) is 5. The Hall–Kier alpha value is -1.61. The third kappa shape index (κ3) is 5.44. The van der Waals surface area contributed by atoms with Gasteiger partial charge in [0, 0.05) is 18.0 Å². The van der Waals surface area contributed by atoms with E-state index in [1.165, 1.54) is 24.3 Å². The summed E-state index contributed by atoms with van der Waals surface area (Å²) < 4.78 is 50.9. The van der Waals surface area contributed by atoms with Crippen molar-refractivity contribution < 1.29 is 16.8 Å². The van der Waals surface area contributed by atoms with Crippen molar-refractivity contribution in [3.05, 3.63) is 59.2 Å². The van der Waals surface area contributed by atoms with Gasteiger partial charge >= 0.3 is 0 Å². The van der Waals surface area contributed by atoms with Gasteiger partial charge in [-0.05, 0) is 60.2 Å². The molecule has 0 spiro atoms. The van der Waals surface area contributed by atoms with Crippen LogP contribution < -0.4 is 10.5 Å². The minimum Gasteiger partial charge on any atom is -0.399 e. The van der Waals surface area contributed by atoms with Crippen molar-refractivity contribution >= 4 is 38.0 Å². The average Bonchev–Trinajstić information content (AvgIpc) is 2.53. The zero-order valence-corrected chi connectivity index (χ0v) is 17.3. The Labute approximate surface area is 166 Å². The number of hydrogen-bond donors (Lipinski definition) is 2. The van der Waals surface area contributed by atoms with Crippen LogP contribution in [0.15, 0.2) is 47.4 Å². The lowest BCUT2D eigenvalue weighted by Gasteiger charge is -2.26. The van der Waals surface area contributed by atoms with Crippen LogP contribution in [0.3, 0.4) is 0 Å². The second-order valence-electron chi connectivity index (χ2n) is 6.74. The number of nitrogens with one attached hydrogen (secondary N) is 1. The molecule has 3 rings (SSSR count). The number of benzene rings is 2. The molecule has 0 saturated carbocycles. The Morgan fingerprint density at radius 2 is 1.74 bits per heavy atom.